The number of rotatable bonds is 5. The molecule has 152 valence electrons. The first kappa shape index (κ1) is 19.0. The van der Waals surface area contributed by atoms with E-state index in [0.717, 1.165) is 37.8 Å². The number of hydrogen-bond donors (Lipinski definition) is 2. The lowest BCUT2D eigenvalue weighted by atomic mass is 9.87. The Hall–Kier alpha value is -2.35. The number of carbonyl (C=O) groups is 1. The first-order valence-corrected chi connectivity index (χ1v) is 10.2. The number of hydrogen-bond acceptors (Lipinski definition) is 6. The molecule has 2 N–H and O–H groups in total. The second-order valence-electron chi connectivity index (χ2n) is 8.32. The van der Waals surface area contributed by atoms with E-state index in [2.05, 4.69) is 22.5 Å². The molecule has 1 aromatic rings. The summed E-state index contributed by atoms with van der Waals surface area (Å²) in [5.41, 5.74) is 1.49. The molecular weight excluding hydrogens is 360 g/mol. The van der Waals surface area contributed by atoms with Crippen molar-refractivity contribution in [3.05, 3.63) is 27.8 Å². The monoisotopic (exact) mass is 388 g/mol. The van der Waals surface area contributed by atoms with Gasteiger partial charge in [-0.2, -0.15) is 0 Å². The van der Waals surface area contributed by atoms with Gasteiger partial charge in [0, 0.05) is 25.7 Å². The van der Waals surface area contributed by atoms with Crippen LogP contribution in [0.4, 0.5) is 17.1 Å². The summed E-state index contributed by atoms with van der Waals surface area (Å²) in [5, 5.41) is 17.6. The maximum atomic E-state index is 13.1. The Morgan fingerprint density at radius 3 is 2.61 bits per heavy atom. The number of morpholine rings is 1. The Balaban J connectivity index is 1.66. The van der Waals surface area contributed by atoms with Crippen LogP contribution in [0.15, 0.2) is 12.1 Å². The summed E-state index contributed by atoms with van der Waals surface area (Å²) < 4.78 is 5.69. The third-order valence-corrected chi connectivity index (χ3v) is 6.39. The average Bonchev–Trinajstić information content (AvgIpc) is 3.32. The molecule has 2 saturated heterocycles. The van der Waals surface area contributed by atoms with E-state index in [9.17, 15) is 14.9 Å². The lowest BCUT2D eigenvalue weighted by Crippen LogP contribution is -2.41. The third kappa shape index (κ3) is 3.53. The summed E-state index contributed by atoms with van der Waals surface area (Å²) in [6.07, 6.45) is 5.23. The van der Waals surface area contributed by atoms with Crippen LogP contribution in [0.25, 0.3) is 0 Å². The minimum absolute atomic E-state index is 0.0747. The molecule has 1 aliphatic carbocycles. The van der Waals surface area contributed by atoms with Gasteiger partial charge in [-0.05, 0) is 44.1 Å². The molecular formula is C20H28N4O4. The summed E-state index contributed by atoms with van der Waals surface area (Å²) >= 11 is 0. The number of benzene rings is 1. The molecule has 8 heteroatoms. The molecule has 3 aliphatic rings. The van der Waals surface area contributed by atoms with Crippen LogP contribution in [0.1, 0.15) is 49.4 Å². The molecule has 2 atom stereocenters. The van der Waals surface area contributed by atoms with Crippen LogP contribution in [0, 0.1) is 16.0 Å². The van der Waals surface area contributed by atoms with Crippen LogP contribution in [0.3, 0.4) is 0 Å². The smallest absolute Gasteiger partial charge is 0.293 e. The number of carbonyl (C=O) groups excluding carboxylic acids is 1. The highest BCUT2D eigenvalue weighted by Crippen LogP contribution is 2.39. The van der Waals surface area contributed by atoms with Crippen molar-refractivity contribution < 1.29 is 14.5 Å². The van der Waals surface area contributed by atoms with E-state index < -0.39 is 4.92 Å². The fourth-order valence-electron chi connectivity index (χ4n) is 4.71. The summed E-state index contributed by atoms with van der Waals surface area (Å²) in [7, 11) is 1.66. The van der Waals surface area contributed by atoms with Crippen LogP contribution >= 0.6 is 0 Å². The number of nitrogens with one attached hydrogen (secondary N) is 2. The predicted molar refractivity (Wildman–Crippen MR) is 107 cm³/mol. The minimum atomic E-state index is -0.437. The lowest BCUT2D eigenvalue weighted by Gasteiger charge is -2.32. The van der Waals surface area contributed by atoms with E-state index in [1.54, 1.807) is 13.1 Å². The first-order chi connectivity index (χ1) is 13.5. The standard InChI is InChI=1S/C20H28N4O4/c1-12-3-5-13(6-4-12)22-20(25)16-8-19(24(26)27)17(21-2)9-18(16)23-10-15-7-14(23)11-28-15/h8-9,12-15,21H,3-7,10-11H2,1-2H3,(H,22,25)/t12?,13?,14-,15-/m0/s1. The van der Waals surface area contributed by atoms with Crippen molar-refractivity contribution in [2.75, 3.05) is 30.4 Å². The van der Waals surface area contributed by atoms with Gasteiger partial charge < -0.3 is 20.3 Å². The second-order valence-corrected chi connectivity index (χ2v) is 8.32. The maximum Gasteiger partial charge on any atom is 0.293 e. The number of nitrogens with zero attached hydrogens (tertiary/aromatic N) is 2. The Morgan fingerprint density at radius 2 is 2.04 bits per heavy atom. The average molecular weight is 388 g/mol. The van der Waals surface area contributed by atoms with E-state index in [4.69, 9.17) is 4.74 Å². The Morgan fingerprint density at radius 1 is 1.29 bits per heavy atom. The van der Waals surface area contributed by atoms with Crippen LogP contribution < -0.4 is 15.5 Å². The van der Waals surface area contributed by atoms with E-state index in [1.807, 2.05) is 0 Å². The van der Waals surface area contributed by atoms with Gasteiger partial charge >= 0.3 is 0 Å². The molecule has 1 amide bonds. The highest BCUT2D eigenvalue weighted by molar-refractivity contribution is 6.02. The predicted octanol–water partition coefficient (Wildman–Crippen LogP) is 2.92. The van der Waals surface area contributed by atoms with Crippen molar-refractivity contribution in [2.24, 2.45) is 5.92 Å². The fourth-order valence-corrected chi connectivity index (χ4v) is 4.71. The summed E-state index contributed by atoms with van der Waals surface area (Å²) in [4.78, 5) is 26.4. The molecule has 2 heterocycles. The van der Waals surface area contributed by atoms with E-state index >= 15 is 0 Å². The van der Waals surface area contributed by atoms with Crippen molar-refractivity contribution in [1.82, 2.24) is 5.32 Å². The van der Waals surface area contributed by atoms with Crippen molar-refractivity contribution in [3.8, 4) is 0 Å². The highest BCUT2D eigenvalue weighted by atomic mass is 16.6. The zero-order valence-electron chi connectivity index (χ0n) is 16.4. The quantitative estimate of drug-likeness (QED) is 0.595. The molecule has 8 nitrogen and oxygen atoms in total. The zero-order chi connectivity index (χ0) is 19.8. The van der Waals surface area contributed by atoms with Crippen LogP contribution in [0.5, 0.6) is 0 Å². The van der Waals surface area contributed by atoms with E-state index in [0.29, 0.717) is 30.3 Å². The van der Waals surface area contributed by atoms with Crippen molar-refractivity contribution in [2.45, 2.75) is 57.2 Å². The normalized spacial score (nSPS) is 29.0. The van der Waals surface area contributed by atoms with Gasteiger partial charge in [-0.1, -0.05) is 6.92 Å². The Labute approximate surface area is 164 Å². The molecule has 0 spiro atoms. The van der Waals surface area contributed by atoms with Crippen molar-refractivity contribution >= 4 is 23.0 Å². The minimum Gasteiger partial charge on any atom is -0.383 e. The molecule has 0 aromatic heterocycles. The Bertz CT molecular complexity index is 776. The molecule has 3 fully saturated rings. The molecule has 0 radical (unpaired) electrons. The summed E-state index contributed by atoms with van der Waals surface area (Å²) in [6, 6.07) is 3.53. The van der Waals surface area contributed by atoms with Crippen LogP contribution in [-0.4, -0.2) is 49.2 Å². The lowest BCUT2D eigenvalue weighted by molar-refractivity contribution is -0.383. The van der Waals surface area contributed by atoms with Gasteiger partial charge in [0.2, 0.25) is 0 Å². The molecule has 0 unspecified atom stereocenters. The van der Waals surface area contributed by atoms with Gasteiger partial charge in [0.1, 0.15) is 5.69 Å². The number of nitro groups is 1. The molecule has 28 heavy (non-hydrogen) atoms. The third-order valence-electron chi connectivity index (χ3n) is 6.39. The number of fused-ring (bicyclic) bond motifs is 2. The van der Waals surface area contributed by atoms with Crippen molar-refractivity contribution in [3.63, 3.8) is 0 Å². The van der Waals surface area contributed by atoms with Gasteiger partial charge in [0.25, 0.3) is 11.6 Å². The first-order valence-electron chi connectivity index (χ1n) is 10.2. The van der Waals surface area contributed by atoms with Gasteiger partial charge in [-0.3, -0.25) is 14.9 Å². The van der Waals surface area contributed by atoms with Crippen molar-refractivity contribution in [1.29, 1.82) is 0 Å². The van der Waals surface area contributed by atoms with E-state index in [1.165, 1.54) is 6.07 Å². The van der Waals surface area contributed by atoms with Crippen LogP contribution in [0.2, 0.25) is 0 Å². The summed E-state index contributed by atoms with van der Waals surface area (Å²) in [5.74, 6) is 0.476. The molecule has 1 aromatic carbocycles. The second kappa shape index (κ2) is 7.58. The topological polar surface area (TPSA) is 96.7 Å². The SMILES string of the molecule is CNc1cc(N2C[C@@H]3C[C@H]2CO3)c(C(=O)NC2CCC(C)CC2)cc1[N+](=O)[O-]. The van der Waals surface area contributed by atoms with E-state index in [-0.39, 0.29) is 29.8 Å². The molecule has 4 rings (SSSR count). The fraction of sp³-hybridized carbons (Fsp3) is 0.650. The van der Waals surface area contributed by atoms with Gasteiger partial charge in [0.15, 0.2) is 0 Å². The Kier molecular flexibility index (Phi) is 5.14. The maximum absolute atomic E-state index is 13.1. The molecule has 2 aliphatic heterocycles. The van der Waals surface area contributed by atoms with Gasteiger partial charge in [0.05, 0.1) is 34.9 Å². The number of nitro benzene ring substituents is 1. The number of amides is 1. The molecule has 1 saturated carbocycles. The highest BCUT2D eigenvalue weighted by Gasteiger charge is 2.41. The summed E-state index contributed by atoms with van der Waals surface area (Å²) in [6.45, 7) is 3.59. The largest absolute Gasteiger partial charge is 0.383 e. The number of anilines is 2. The number of ether oxygens (including phenoxy) is 1. The van der Waals surface area contributed by atoms with Gasteiger partial charge in [-0.25, -0.2) is 0 Å². The van der Waals surface area contributed by atoms with Crippen LogP contribution in [-0.2, 0) is 4.74 Å². The zero-order valence-corrected chi connectivity index (χ0v) is 16.4. The molecule has 2 bridgehead atoms. The van der Waals surface area contributed by atoms with Gasteiger partial charge in [-0.15, -0.1) is 0 Å².